The number of halogens is 1. The highest BCUT2D eigenvalue weighted by Gasteiger charge is 2.11. The first-order chi connectivity index (χ1) is 13.4. The Hall–Kier alpha value is -2.21. The summed E-state index contributed by atoms with van der Waals surface area (Å²) in [5.41, 5.74) is 2.55. The third kappa shape index (κ3) is 5.89. The molecule has 0 atom stereocenters. The monoisotopic (exact) mass is 528 g/mol. The SMILES string of the molecule is CN=C(NCCc1nnc2ccccn12)NCc1ccc(S(C)(=O)=O)c(C)c1.I. The molecule has 156 valence electrons. The van der Waals surface area contributed by atoms with Crippen molar-refractivity contribution in [2.75, 3.05) is 19.8 Å². The number of guanidine groups is 1. The Bertz CT molecular complexity index is 1110. The van der Waals surface area contributed by atoms with Gasteiger partial charge in [0.15, 0.2) is 21.4 Å². The number of aliphatic imine (C=N–C) groups is 1. The van der Waals surface area contributed by atoms with Gasteiger partial charge in [0.05, 0.1) is 4.90 Å². The third-order valence-electron chi connectivity index (χ3n) is 4.35. The normalized spacial score (nSPS) is 11.9. The molecular formula is C19H25IN6O2S. The quantitative estimate of drug-likeness (QED) is 0.288. The van der Waals surface area contributed by atoms with Crippen molar-refractivity contribution in [3.05, 3.63) is 59.5 Å². The highest BCUT2D eigenvalue weighted by atomic mass is 127. The topological polar surface area (TPSA) is 101 Å². The zero-order valence-corrected chi connectivity index (χ0v) is 19.7. The van der Waals surface area contributed by atoms with Crippen LogP contribution in [0.25, 0.3) is 5.65 Å². The third-order valence-corrected chi connectivity index (χ3v) is 5.60. The van der Waals surface area contributed by atoms with Gasteiger partial charge >= 0.3 is 0 Å². The summed E-state index contributed by atoms with van der Waals surface area (Å²) in [5, 5.41) is 14.8. The van der Waals surface area contributed by atoms with Crippen LogP contribution in [0.1, 0.15) is 17.0 Å². The fourth-order valence-corrected chi connectivity index (χ4v) is 3.96. The second kappa shape index (κ2) is 10.0. The predicted octanol–water partition coefficient (Wildman–Crippen LogP) is 1.97. The van der Waals surface area contributed by atoms with E-state index in [9.17, 15) is 8.42 Å². The Kier molecular flexibility index (Phi) is 7.96. The van der Waals surface area contributed by atoms with E-state index in [1.165, 1.54) is 6.26 Å². The van der Waals surface area contributed by atoms with Crippen molar-refractivity contribution in [2.45, 2.75) is 24.8 Å². The van der Waals surface area contributed by atoms with Gasteiger partial charge < -0.3 is 10.6 Å². The van der Waals surface area contributed by atoms with E-state index in [0.717, 1.165) is 22.6 Å². The summed E-state index contributed by atoms with van der Waals surface area (Å²) in [6.45, 7) is 3.00. The molecule has 29 heavy (non-hydrogen) atoms. The van der Waals surface area contributed by atoms with Crippen molar-refractivity contribution in [1.82, 2.24) is 25.2 Å². The lowest BCUT2D eigenvalue weighted by Gasteiger charge is -2.13. The Balaban J connectivity index is 0.00000300. The molecule has 2 aromatic heterocycles. The largest absolute Gasteiger partial charge is 0.356 e. The standard InChI is InChI=1S/C19H24N6O2S.HI/c1-14-12-15(7-8-16(14)28(3,26)27)13-22-19(20-2)21-10-9-18-24-23-17-6-4-5-11-25(17)18;/h4-8,11-12H,9-10,13H2,1-3H3,(H2,20,21,22);1H. The van der Waals surface area contributed by atoms with Gasteiger partial charge in [0.1, 0.15) is 5.82 Å². The van der Waals surface area contributed by atoms with E-state index in [2.05, 4.69) is 25.8 Å². The van der Waals surface area contributed by atoms with Crippen LogP contribution in [0, 0.1) is 6.92 Å². The highest BCUT2D eigenvalue weighted by Crippen LogP contribution is 2.16. The zero-order chi connectivity index (χ0) is 20.1. The molecule has 0 unspecified atom stereocenters. The predicted molar refractivity (Wildman–Crippen MR) is 125 cm³/mol. The molecule has 0 radical (unpaired) electrons. The fourth-order valence-electron chi connectivity index (χ4n) is 3.00. The summed E-state index contributed by atoms with van der Waals surface area (Å²) in [5.74, 6) is 1.55. The molecular weight excluding hydrogens is 503 g/mol. The molecule has 10 heteroatoms. The number of sulfone groups is 1. The number of fused-ring (bicyclic) bond motifs is 1. The van der Waals surface area contributed by atoms with E-state index >= 15 is 0 Å². The van der Waals surface area contributed by atoms with Crippen molar-refractivity contribution in [1.29, 1.82) is 0 Å². The minimum atomic E-state index is -3.20. The molecule has 0 bridgehead atoms. The molecule has 0 fully saturated rings. The average molecular weight is 528 g/mol. The van der Waals surface area contributed by atoms with Crippen LogP contribution in [0.3, 0.4) is 0 Å². The molecule has 2 heterocycles. The van der Waals surface area contributed by atoms with Gasteiger partial charge in [-0.3, -0.25) is 9.39 Å². The number of aryl methyl sites for hydroxylation is 1. The van der Waals surface area contributed by atoms with E-state index in [4.69, 9.17) is 0 Å². The Morgan fingerprint density at radius 3 is 2.66 bits per heavy atom. The Labute approximate surface area is 187 Å². The lowest BCUT2D eigenvalue weighted by atomic mass is 10.1. The average Bonchev–Trinajstić information content (AvgIpc) is 3.06. The van der Waals surface area contributed by atoms with Crippen LogP contribution in [0.15, 0.2) is 52.5 Å². The minimum Gasteiger partial charge on any atom is -0.356 e. The van der Waals surface area contributed by atoms with Gasteiger partial charge in [-0.2, -0.15) is 0 Å². The minimum absolute atomic E-state index is 0. The molecule has 3 aromatic rings. The molecule has 3 rings (SSSR count). The second-order valence-electron chi connectivity index (χ2n) is 6.52. The van der Waals surface area contributed by atoms with E-state index in [0.29, 0.717) is 30.4 Å². The van der Waals surface area contributed by atoms with Gasteiger partial charge in [-0.25, -0.2) is 8.42 Å². The number of nitrogens with one attached hydrogen (secondary N) is 2. The summed E-state index contributed by atoms with van der Waals surface area (Å²) >= 11 is 0. The number of benzene rings is 1. The maximum absolute atomic E-state index is 11.7. The first kappa shape index (κ1) is 23.1. The molecule has 0 aliphatic heterocycles. The molecule has 1 aromatic carbocycles. The molecule has 0 spiro atoms. The van der Waals surface area contributed by atoms with Gasteiger partial charge in [-0.1, -0.05) is 18.2 Å². The fraction of sp³-hybridized carbons (Fsp3) is 0.316. The lowest BCUT2D eigenvalue weighted by Crippen LogP contribution is -2.38. The molecule has 2 N–H and O–H groups in total. The number of nitrogens with zero attached hydrogens (tertiary/aromatic N) is 4. The number of rotatable bonds is 6. The first-order valence-electron chi connectivity index (χ1n) is 8.91. The summed E-state index contributed by atoms with van der Waals surface area (Å²) in [4.78, 5) is 4.58. The van der Waals surface area contributed by atoms with Crippen LogP contribution in [-0.4, -0.2) is 48.8 Å². The summed E-state index contributed by atoms with van der Waals surface area (Å²) in [6.07, 6.45) is 3.87. The van der Waals surface area contributed by atoms with Gasteiger partial charge in [-0.05, 0) is 36.2 Å². The van der Waals surface area contributed by atoms with Crippen molar-refractivity contribution in [3.63, 3.8) is 0 Å². The Morgan fingerprint density at radius 1 is 1.17 bits per heavy atom. The molecule has 0 saturated carbocycles. The van der Waals surface area contributed by atoms with Crippen molar-refractivity contribution in [3.8, 4) is 0 Å². The first-order valence-corrected chi connectivity index (χ1v) is 10.8. The Morgan fingerprint density at radius 2 is 1.97 bits per heavy atom. The molecule has 0 aliphatic carbocycles. The van der Waals surface area contributed by atoms with Crippen molar-refractivity contribution < 1.29 is 8.42 Å². The molecule has 0 amide bonds. The van der Waals surface area contributed by atoms with Crippen molar-refractivity contribution in [2.24, 2.45) is 4.99 Å². The number of hydrogen-bond donors (Lipinski definition) is 2. The van der Waals surface area contributed by atoms with E-state index in [1.807, 2.05) is 40.9 Å². The van der Waals surface area contributed by atoms with Gasteiger partial charge in [-0.15, -0.1) is 34.2 Å². The van der Waals surface area contributed by atoms with E-state index in [1.54, 1.807) is 20.0 Å². The van der Waals surface area contributed by atoms with Crippen LogP contribution in [0.4, 0.5) is 0 Å². The van der Waals surface area contributed by atoms with Gasteiger partial charge in [0, 0.05) is 39.0 Å². The number of aromatic nitrogens is 3. The van der Waals surface area contributed by atoms with E-state index < -0.39 is 9.84 Å². The van der Waals surface area contributed by atoms with Gasteiger partial charge in [0.2, 0.25) is 0 Å². The summed E-state index contributed by atoms with van der Waals surface area (Å²) < 4.78 is 25.4. The summed E-state index contributed by atoms with van der Waals surface area (Å²) in [6, 6.07) is 11.1. The van der Waals surface area contributed by atoms with Crippen LogP contribution in [-0.2, 0) is 22.8 Å². The van der Waals surface area contributed by atoms with Crippen molar-refractivity contribution >= 4 is 45.4 Å². The van der Waals surface area contributed by atoms with Crippen LogP contribution in [0.2, 0.25) is 0 Å². The highest BCUT2D eigenvalue weighted by molar-refractivity contribution is 14.0. The second-order valence-corrected chi connectivity index (χ2v) is 8.50. The van der Waals surface area contributed by atoms with Gasteiger partial charge in [0.25, 0.3) is 0 Å². The molecule has 0 aliphatic rings. The number of pyridine rings is 1. The summed E-state index contributed by atoms with van der Waals surface area (Å²) in [7, 11) is -1.50. The van der Waals surface area contributed by atoms with Crippen LogP contribution >= 0.6 is 24.0 Å². The molecule has 8 nitrogen and oxygen atoms in total. The maximum atomic E-state index is 11.7. The maximum Gasteiger partial charge on any atom is 0.191 e. The van der Waals surface area contributed by atoms with E-state index in [-0.39, 0.29) is 24.0 Å². The smallest absolute Gasteiger partial charge is 0.191 e. The van der Waals surface area contributed by atoms with Crippen LogP contribution < -0.4 is 10.6 Å². The lowest BCUT2D eigenvalue weighted by molar-refractivity contribution is 0.601. The molecule has 0 saturated heterocycles. The van der Waals surface area contributed by atoms with Crippen LogP contribution in [0.5, 0.6) is 0 Å². The number of hydrogen-bond acceptors (Lipinski definition) is 5. The zero-order valence-electron chi connectivity index (χ0n) is 16.6.